The number of halogens is 1. The van der Waals surface area contributed by atoms with Gasteiger partial charge in [-0.3, -0.25) is 9.67 Å². The van der Waals surface area contributed by atoms with Crippen LogP contribution in [0.3, 0.4) is 0 Å². The van der Waals surface area contributed by atoms with E-state index >= 15 is 0 Å². The molecule has 0 bridgehead atoms. The molecular weight excluding hydrogens is 479 g/mol. The first-order chi connectivity index (χ1) is 13.5. The molecule has 0 amide bonds. The highest BCUT2D eigenvalue weighted by molar-refractivity contribution is 14.0. The molecule has 0 radical (unpaired) electrons. The molecule has 0 aromatic carbocycles. The summed E-state index contributed by atoms with van der Waals surface area (Å²) in [6.45, 7) is 8.28. The molecule has 9 heteroatoms. The zero-order chi connectivity index (χ0) is 19.7. The largest absolute Gasteiger partial charge is 0.356 e. The van der Waals surface area contributed by atoms with E-state index in [1.807, 2.05) is 14.0 Å². The minimum Gasteiger partial charge on any atom is -0.356 e. The van der Waals surface area contributed by atoms with E-state index in [9.17, 15) is 0 Å². The molecule has 160 valence electrons. The molecule has 1 aliphatic heterocycles. The van der Waals surface area contributed by atoms with Gasteiger partial charge in [-0.2, -0.15) is 5.10 Å². The van der Waals surface area contributed by atoms with Gasteiger partial charge in [0.25, 0.3) is 0 Å². The van der Waals surface area contributed by atoms with Crippen LogP contribution in [0, 0.1) is 12.8 Å². The highest BCUT2D eigenvalue weighted by Crippen LogP contribution is 2.22. The molecular formula is C20H33IN8. The minimum atomic E-state index is 0. The standard InChI is InChI=1S/C20H32N8.HI/c1-13(2)28-12-16-6-7-17(9-18(16)26-28)23-20(21-4)22-10-15-5-8-19-25-24-14(3)27(19)11-15;/h12-13,15,17H,5-11H2,1-4H3,(H2,21,22,23);1H. The summed E-state index contributed by atoms with van der Waals surface area (Å²) in [4.78, 5) is 4.45. The maximum absolute atomic E-state index is 4.78. The molecule has 3 heterocycles. The molecule has 0 saturated carbocycles. The van der Waals surface area contributed by atoms with Crippen molar-refractivity contribution >= 4 is 29.9 Å². The molecule has 2 atom stereocenters. The van der Waals surface area contributed by atoms with Crippen LogP contribution in [0.5, 0.6) is 0 Å². The molecule has 2 aromatic rings. The van der Waals surface area contributed by atoms with Gasteiger partial charge in [-0.1, -0.05) is 0 Å². The number of nitrogens with zero attached hydrogens (tertiary/aromatic N) is 6. The van der Waals surface area contributed by atoms with Crippen LogP contribution in [0.15, 0.2) is 11.2 Å². The van der Waals surface area contributed by atoms with Crippen LogP contribution >= 0.6 is 24.0 Å². The Labute approximate surface area is 190 Å². The number of aromatic nitrogens is 5. The van der Waals surface area contributed by atoms with Gasteiger partial charge >= 0.3 is 0 Å². The lowest BCUT2D eigenvalue weighted by atomic mass is 9.94. The molecule has 29 heavy (non-hydrogen) atoms. The molecule has 0 fully saturated rings. The van der Waals surface area contributed by atoms with Crippen LogP contribution in [0.25, 0.3) is 0 Å². The Hall–Kier alpha value is -1.65. The van der Waals surface area contributed by atoms with Crippen LogP contribution in [-0.2, 0) is 25.8 Å². The number of rotatable bonds is 4. The van der Waals surface area contributed by atoms with E-state index in [1.165, 1.54) is 11.3 Å². The summed E-state index contributed by atoms with van der Waals surface area (Å²) in [7, 11) is 1.85. The van der Waals surface area contributed by atoms with Crippen LogP contribution in [0.2, 0.25) is 0 Å². The number of hydrogen-bond donors (Lipinski definition) is 2. The minimum absolute atomic E-state index is 0. The molecule has 2 N–H and O–H groups in total. The van der Waals surface area contributed by atoms with Gasteiger partial charge in [0.15, 0.2) is 5.96 Å². The summed E-state index contributed by atoms with van der Waals surface area (Å²) in [5.74, 6) is 3.60. The Morgan fingerprint density at radius 3 is 2.86 bits per heavy atom. The van der Waals surface area contributed by atoms with E-state index in [0.29, 0.717) is 18.0 Å². The Morgan fingerprint density at radius 1 is 1.28 bits per heavy atom. The van der Waals surface area contributed by atoms with Gasteiger partial charge in [0.1, 0.15) is 11.6 Å². The number of hydrogen-bond acceptors (Lipinski definition) is 4. The summed E-state index contributed by atoms with van der Waals surface area (Å²) in [6.07, 6.45) is 7.51. The third-order valence-corrected chi connectivity index (χ3v) is 5.98. The van der Waals surface area contributed by atoms with Crippen LogP contribution < -0.4 is 10.6 Å². The van der Waals surface area contributed by atoms with Crippen molar-refractivity contribution in [2.45, 2.75) is 71.5 Å². The average Bonchev–Trinajstić information content (AvgIpc) is 3.28. The van der Waals surface area contributed by atoms with Gasteiger partial charge in [0, 0.05) is 51.3 Å². The first-order valence-electron chi connectivity index (χ1n) is 10.5. The summed E-state index contributed by atoms with van der Waals surface area (Å²) in [5, 5.41) is 20.4. The van der Waals surface area contributed by atoms with Crippen molar-refractivity contribution in [3.05, 3.63) is 29.1 Å². The van der Waals surface area contributed by atoms with E-state index in [-0.39, 0.29) is 24.0 Å². The number of guanidine groups is 1. The van der Waals surface area contributed by atoms with Crippen molar-refractivity contribution in [2.75, 3.05) is 13.6 Å². The summed E-state index contributed by atoms with van der Waals surface area (Å²) in [6, 6.07) is 0.795. The fraction of sp³-hybridized carbons (Fsp3) is 0.700. The van der Waals surface area contributed by atoms with Gasteiger partial charge in [-0.05, 0) is 51.5 Å². The summed E-state index contributed by atoms with van der Waals surface area (Å²) < 4.78 is 4.34. The lowest BCUT2D eigenvalue weighted by molar-refractivity contribution is 0.357. The highest BCUT2D eigenvalue weighted by Gasteiger charge is 2.24. The third kappa shape index (κ3) is 4.92. The molecule has 2 unspecified atom stereocenters. The molecule has 2 aliphatic rings. The zero-order valence-electron chi connectivity index (χ0n) is 17.9. The van der Waals surface area contributed by atoms with Gasteiger partial charge in [0.2, 0.25) is 0 Å². The van der Waals surface area contributed by atoms with Crippen molar-refractivity contribution in [3.8, 4) is 0 Å². The van der Waals surface area contributed by atoms with Crippen molar-refractivity contribution in [2.24, 2.45) is 10.9 Å². The topological polar surface area (TPSA) is 85.0 Å². The normalized spacial score (nSPS) is 21.3. The lowest BCUT2D eigenvalue weighted by Gasteiger charge is -2.27. The van der Waals surface area contributed by atoms with Crippen LogP contribution in [-0.4, -0.2) is 50.1 Å². The van der Waals surface area contributed by atoms with E-state index in [1.54, 1.807) is 0 Å². The smallest absolute Gasteiger partial charge is 0.191 e. The van der Waals surface area contributed by atoms with Gasteiger partial charge < -0.3 is 15.2 Å². The molecule has 4 rings (SSSR count). The van der Waals surface area contributed by atoms with Crippen LogP contribution in [0.1, 0.15) is 55.6 Å². The average molecular weight is 512 g/mol. The SMILES string of the molecule is CN=C(NCC1CCc2nnc(C)n2C1)NC1CCc2cn(C(C)C)nc2C1.I. The molecule has 0 spiro atoms. The number of fused-ring (bicyclic) bond motifs is 2. The second-order valence-electron chi connectivity index (χ2n) is 8.39. The van der Waals surface area contributed by atoms with E-state index in [4.69, 9.17) is 5.10 Å². The molecule has 1 aliphatic carbocycles. The van der Waals surface area contributed by atoms with Gasteiger partial charge in [-0.15, -0.1) is 34.2 Å². The predicted molar refractivity (Wildman–Crippen MR) is 125 cm³/mol. The molecule has 0 saturated heterocycles. The van der Waals surface area contributed by atoms with E-state index in [0.717, 1.165) is 62.8 Å². The summed E-state index contributed by atoms with van der Waals surface area (Å²) in [5.41, 5.74) is 2.63. The Bertz CT molecular complexity index is 853. The van der Waals surface area contributed by atoms with Crippen molar-refractivity contribution in [3.63, 3.8) is 0 Å². The monoisotopic (exact) mass is 512 g/mol. The first kappa shape index (κ1) is 22.0. The number of aryl methyl sites for hydroxylation is 3. The zero-order valence-corrected chi connectivity index (χ0v) is 20.2. The van der Waals surface area contributed by atoms with E-state index in [2.05, 4.69) is 55.1 Å². The van der Waals surface area contributed by atoms with Crippen LogP contribution in [0.4, 0.5) is 0 Å². The number of nitrogens with one attached hydrogen (secondary N) is 2. The highest BCUT2D eigenvalue weighted by atomic mass is 127. The fourth-order valence-electron chi connectivity index (χ4n) is 4.23. The maximum atomic E-state index is 4.78. The Kier molecular flexibility index (Phi) is 7.18. The predicted octanol–water partition coefficient (Wildman–Crippen LogP) is 2.27. The summed E-state index contributed by atoms with van der Waals surface area (Å²) >= 11 is 0. The molecule has 2 aromatic heterocycles. The number of aliphatic imine (C=N–C) groups is 1. The second kappa shape index (κ2) is 9.44. The maximum Gasteiger partial charge on any atom is 0.191 e. The van der Waals surface area contributed by atoms with Crippen molar-refractivity contribution in [1.29, 1.82) is 0 Å². The quantitative estimate of drug-likeness (QED) is 0.373. The van der Waals surface area contributed by atoms with Gasteiger partial charge in [0.05, 0.1) is 5.69 Å². The van der Waals surface area contributed by atoms with Crippen molar-refractivity contribution < 1.29 is 0 Å². The molecule has 8 nitrogen and oxygen atoms in total. The fourth-order valence-corrected chi connectivity index (χ4v) is 4.23. The Morgan fingerprint density at radius 2 is 2.10 bits per heavy atom. The second-order valence-corrected chi connectivity index (χ2v) is 8.39. The Balaban J connectivity index is 0.00000240. The third-order valence-electron chi connectivity index (χ3n) is 5.98. The van der Waals surface area contributed by atoms with Gasteiger partial charge in [-0.25, -0.2) is 0 Å². The van der Waals surface area contributed by atoms with Crippen molar-refractivity contribution in [1.82, 2.24) is 35.2 Å². The lowest BCUT2D eigenvalue weighted by Crippen LogP contribution is -2.47. The first-order valence-corrected chi connectivity index (χ1v) is 10.5. The van der Waals surface area contributed by atoms with E-state index < -0.39 is 0 Å².